The van der Waals surface area contributed by atoms with Gasteiger partial charge >= 0.3 is 0 Å². The second-order valence-corrected chi connectivity index (χ2v) is 5.50. The third-order valence-electron chi connectivity index (χ3n) is 3.81. The average Bonchev–Trinajstić information content (AvgIpc) is 2.44. The lowest BCUT2D eigenvalue weighted by Crippen LogP contribution is -2.28. The quantitative estimate of drug-likeness (QED) is 0.788. The van der Waals surface area contributed by atoms with Crippen molar-refractivity contribution in [1.82, 2.24) is 0 Å². The third kappa shape index (κ3) is 1.99. The Kier molecular flexibility index (Phi) is 3.38. The summed E-state index contributed by atoms with van der Waals surface area (Å²) in [4.78, 5) is 25.2. The number of carbonyl (C=O) groups is 2. The fourth-order valence-corrected chi connectivity index (χ4v) is 2.53. The molecule has 1 aromatic rings. The second kappa shape index (κ2) is 4.75. The summed E-state index contributed by atoms with van der Waals surface area (Å²) in [6.07, 6.45) is 1.70. The van der Waals surface area contributed by atoms with Gasteiger partial charge in [-0.3, -0.25) is 9.59 Å². The van der Waals surface area contributed by atoms with Crippen LogP contribution >= 0.6 is 0 Å². The molecule has 0 aliphatic heterocycles. The summed E-state index contributed by atoms with van der Waals surface area (Å²) in [7, 11) is 1.53. The van der Waals surface area contributed by atoms with Crippen LogP contribution in [0, 0.1) is 5.41 Å². The number of allylic oxidation sites excluding steroid dienone is 3. The van der Waals surface area contributed by atoms with Crippen molar-refractivity contribution >= 4 is 11.6 Å². The molecule has 0 aromatic heterocycles. The minimum absolute atomic E-state index is 0.107. The molecular formula is C17H18O3. The smallest absolute Gasteiger partial charge is 0.191 e. The molecule has 0 fully saturated rings. The van der Waals surface area contributed by atoms with Crippen LogP contribution in [0.25, 0.3) is 0 Å². The van der Waals surface area contributed by atoms with Crippen molar-refractivity contribution in [3.05, 3.63) is 53.1 Å². The highest BCUT2D eigenvalue weighted by molar-refractivity contribution is 6.27. The number of ketones is 2. The zero-order valence-corrected chi connectivity index (χ0v) is 12.2. The number of Topliss-reactive ketones (excluding diaryl/α,β-unsaturated/α-hetero) is 2. The summed E-state index contributed by atoms with van der Waals surface area (Å²) in [5.74, 6) is 0.345. The summed E-state index contributed by atoms with van der Waals surface area (Å²) >= 11 is 0. The molecule has 0 N–H and O–H groups in total. The van der Waals surface area contributed by atoms with E-state index >= 15 is 0 Å². The van der Waals surface area contributed by atoms with Crippen LogP contribution in [0.3, 0.4) is 0 Å². The highest BCUT2D eigenvalue weighted by Gasteiger charge is 2.36. The molecule has 0 spiro atoms. The Bertz CT molecular complexity index is 648. The van der Waals surface area contributed by atoms with E-state index in [0.717, 1.165) is 0 Å². The van der Waals surface area contributed by atoms with E-state index in [9.17, 15) is 9.59 Å². The monoisotopic (exact) mass is 270 g/mol. The van der Waals surface area contributed by atoms with E-state index in [-0.39, 0.29) is 11.6 Å². The first kappa shape index (κ1) is 14.3. The van der Waals surface area contributed by atoms with E-state index in [2.05, 4.69) is 6.58 Å². The number of hydrogen-bond donors (Lipinski definition) is 0. The minimum atomic E-state index is -0.533. The number of benzene rings is 1. The normalized spacial score (nSPS) is 15.2. The molecule has 104 valence electrons. The molecule has 3 nitrogen and oxygen atoms in total. The average molecular weight is 270 g/mol. The van der Waals surface area contributed by atoms with Crippen molar-refractivity contribution in [2.45, 2.75) is 20.8 Å². The van der Waals surface area contributed by atoms with Gasteiger partial charge in [-0.15, -0.1) is 6.58 Å². The first-order valence-electron chi connectivity index (χ1n) is 6.46. The molecule has 1 aliphatic rings. The van der Waals surface area contributed by atoms with Gasteiger partial charge in [-0.05, 0) is 25.1 Å². The molecule has 0 bridgehead atoms. The van der Waals surface area contributed by atoms with Gasteiger partial charge in [-0.2, -0.15) is 0 Å². The van der Waals surface area contributed by atoms with E-state index < -0.39 is 5.41 Å². The van der Waals surface area contributed by atoms with E-state index in [1.54, 1.807) is 31.2 Å². The summed E-state index contributed by atoms with van der Waals surface area (Å²) in [5, 5.41) is 0. The molecule has 0 saturated heterocycles. The molecular weight excluding hydrogens is 252 g/mol. The van der Waals surface area contributed by atoms with Crippen molar-refractivity contribution < 1.29 is 14.3 Å². The topological polar surface area (TPSA) is 43.4 Å². The molecule has 0 saturated carbocycles. The van der Waals surface area contributed by atoms with Crippen LogP contribution in [-0.4, -0.2) is 18.7 Å². The van der Waals surface area contributed by atoms with Gasteiger partial charge in [0.05, 0.1) is 7.11 Å². The molecule has 3 heteroatoms. The van der Waals surface area contributed by atoms with Crippen molar-refractivity contribution in [3.63, 3.8) is 0 Å². The van der Waals surface area contributed by atoms with Gasteiger partial charge in [-0.25, -0.2) is 0 Å². The van der Waals surface area contributed by atoms with Crippen molar-refractivity contribution in [2.75, 3.05) is 7.11 Å². The SMILES string of the molecule is C=CC(C)(C)C1=C(C)C(=O)c2cc(OC)ccc2C1=O. The number of rotatable bonds is 3. The number of ether oxygens (including phenoxy) is 1. The van der Waals surface area contributed by atoms with E-state index in [1.165, 1.54) is 7.11 Å². The highest BCUT2D eigenvalue weighted by atomic mass is 16.5. The number of methoxy groups -OCH3 is 1. The van der Waals surface area contributed by atoms with Crippen LogP contribution in [0.2, 0.25) is 0 Å². The van der Waals surface area contributed by atoms with Crippen molar-refractivity contribution in [2.24, 2.45) is 5.41 Å². The van der Waals surface area contributed by atoms with Crippen LogP contribution in [-0.2, 0) is 0 Å². The lowest BCUT2D eigenvalue weighted by molar-refractivity contribution is 0.0960. The molecule has 20 heavy (non-hydrogen) atoms. The Morgan fingerprint density at radius 1 is 1.15 bits per heavy atom. The fraction of sp³-hybridized carbons (Fsp3) is 0.294. The van der Waals surface area contributed by atoms with Gasteiger partial charge in [0.25, 0.3) is 0 Å². The fourth-order valence-electron chi connectivity index (χ4n) is 2.53. The van der Waals surface area contributed by atoms with Crippen LogP contribution in [0.1, 0.15) is 41.5 Å². The van der Waals surface area contributed by atoms with Gasteiger partial charge in [-0.1, -0.05) is 19.9 Å². The largest absolute Gasteiger partial charge is 0.497 e. The Labute approximate surface area is 118 Å². The summed E-state index contributed by atoms with van der Waals surface area (Å²) < 4.78 is 5.12. The Morgan fingerprint density at radius 2 is 1.80 bits per heavy atom. The Balaban J connectivity index is 2.68. The Morgan fingerprint density at radius 3 is 2.35 bits per heavy atom. The highest BCUT2D eigenvalue weighted by Crippen LogP contribution is 2.38. The molecule has 1 aromatic carbocycles. The Hall–Kier alpha value is -2.16. The molecule has 0 radical (unpaired) electrons. The van der Waals surface area contributed by atoms with E-state index in [1.807, 2.05) is 13.8 Å². The third-order valence-corrected chi connectivity index (χ3v) is 3.81. The van der Waals surface area contributed by atoms with Gasteiger partial charge in [0, 0.05) is 27.7 Å². The lowest BCUT2D eigenvalue weighted by atomic mass is 9.72. The summed E-state index contributed by atoms with van der Waals surface area (Å²) in [6.45, 7) is 9.24. The molecule has 0 amide bonds. The number of hydrogen-bond acceptors (Lipinski definition) is 3. The van der Waals surface area contributed by atoms with Gasteiger partial charge in [0.15, 0.2) is 11.6 Å². The maximum absolute atomic E-state index is 12.7. The van der Waals surface area contributed by atoms with Crippen molar-refractivity contribution in [1.29, 1.82) is 0 Å². The standard InChI is InChI=1S/C17H18O3/c1-6-17(3,4)14-10(2)15(18)13-9-11(20-5)7-8-12(13)16(14)19/h6-9H,1H2,2-5H3. The zero-order valence-electron chi connectivity index (χ0n) is 12.2. The predicted octanol–water partition coefficient (Wildman–Crippen LogP) is 3.60. The van der Waals surface area contributed by atoms with E-state index in [4.69, 9.17) is 4.74 Å². The van der Waals surface area contributed by atoms with E-state index in [0.29, 0.717) is 28.0 Å². The molecule has 0 unspecified atom stereocenters. The van der Waals surface area contributed by atoms with Gasteiger partial charge in [0.1, 0.15) is 5.75 Å². The minimum Gasteiger partial charge on any atom is -0.497 e. The van der Waals surface area contributed by atoms with Crippen molar-refractivity contribution in [3.8, 4) is 5.75 Å². The molecule has 2 rings (SSSR count). The van der Waals surface area contributed by atoms with Crippen LogP contribution in [0.4, 0.5) is 0 Å². The van der Waals surface area contributed by atoms with Crippen LogP contribution in [0.15, 0.2) is 42.0 Å². The molecule has 0 atom stereocenters. The number of carbonyl (C=O) groups excluding carboxylic acids is 2. The van der Waals surface area contributed by atoms with Crippen LogP contribution < -0.4 is 4.74 Å². The first-order chi connectivity index (χ1) is 9.33. The summed E-state index contributed by atoms with van der Waals surface area (Å²) in [6, 6.07) is 4.97. The predicted molar refractivity (Wildman–Crippen MR) is 78.3 cm³/mol. The maximum Gasteiger partial charge on any atom is 0.191 e. The second-order valence-electron chi connectivity index (χ2n) is 5.50. The van der Waals surface area contributed by atoms with Gasteiger partial charge < -0.3 is 4.74 Å². The lowest BCUT2D eigenvalue weighted by Gasteiger charge is -2.29. The molecule has 1 aliphatic carbocycles. The maximum atomic E-state index is 12.7. The van der Waals surface area contributed by atoms with Gasteiger partial charge in [0.2, 0.25) is 0 Å². The number of fused-ring (bicyclic) bond motifs is 1. The zero-order chi connectivity index (χ0) is 15.1. The molecule has 0 heterocycles. The van der Waals surface area contributed by atoms with Crippen LogP contribution in [0.5, 0.6) is 5.75 Å². The first-order valence-corrected chi connectivity index (χ1v) is 6.46. The summed E-state index contributed by atoms with van der Waals surface area (Å²) in [5.41, 5.74) is 1.33.